The highest BCUT2D eigenvalue weighted by Crippen LogP contribution is 2.33. The molecule has 92 valence electrons. The number of rotatable bonds is 2. The summed E-state index contributed by atoms with van der Waals surface area (Å²) in [5.74, 6) is 0. The first kappa shape index (κ1) is 12.0. The quantitative estimate of drug-likeness (QED) is 0.559. The maximum Gasteiger partial charge on any atom is 0.0412 e. The van der Waals surface area contributed by atoms with Gasteiger partial charge in [-0.05, 0) is 34.4 Å². The van der Waals surface area contributed by atoms with Crippen molar-refractivity contribution in [3.05, 3.63) is 83.9 Å². The first-order valence-electron chi connectivity index (χ1n) is 6.25. The molecule has 19 heavy (non-hydrogen) atoms. The minimum Gasteiger partial charge on any atom is -0.0843 e. The Morgan fingerprint density at radius 1 is 0.526 bits per heavy atom. The molecule has 0 spiro atoms. The van der Waals surface area contributed by atoms with Gasteiger partial charge in [0.1, 0.15) is 0 Å². The Bertz CT molecular complexity index is 673. The molecular weight excluding hydrogens is 252 g/mol. The normalized spacial score (nSPS) is 10.4. The van der Waals surface area contributed by atoms with Crippen molar-refractivity contribution < 1.29 is 0 Å². The zero-order chi connectivity index (χ0) is 13.1. The number of hydrogen-bond donors (Lipinski definition) is 0. The van der Waals surface area contributed by atoms with Gasteiger partial charge < -0.3 is 0 Å². The van der Waals surface area contributed by atoms with Gasteiger partial charge >= 0.3 is 0 Å². The van der Waals surface area contributed by atoms with Crippen molar-refractivity contribution in [2.75, 3.05) is 0 Å². The van der Waals surface area contributed by atoms with E-state index in [1.807, 2.05) is 36.4 Å². The van der Waals surface area contributed by atoms with Gasteiger partial charge in [0.15, 0.2) is 0 Å². The van der Waals surface area contributed by atoms with E-state index < -0.39 is 0 Å². The molecule has 0 atom stereocenters. The van der Waals surface area contributed by atoms with Crippen molar-refractivity contribution in [2.24, 2.45) is 0 Å². The standard InChI is InChI=1S/C18H13Cl/c19-16-11-12-17(14-7-3-1-4-8-14)18(13-16)15-9-5-2-6-10-15/h1-13H. The van der Waals surface area contributed by atoms with Crippen LogP contribution in [0, 0.1) is 0 Å². The minimum absolute atomic E-state index is 0.763. The van der Waals surface area contributed by atoms with E-state index in [-0.39, 0.29) is 0 Å². The first-order valence-corrected chi connectivity index (χ1v) is 6.63. The monoisotopic (exact) mass is 264 g/mol. The molecule has 0 radical (unpaired) electrons. The van der Waals surface area contributed by atoms with E-state index in [0.29, 0.717) is 0 Å². The molecule has 0 aromatic heterocycles. The van der Waals surface area contributed by atoms with Gasteiger partial charge in [0.2, 0.25) is 0 Å². The van der Waals surface area contributed by atoms with E-state index in [4.69, 9.17) is 11.6 Å². The molecule has 3 aromatic carbocycles. The molecule has 0 fully saturated rings. The lowest BCUT2D eigenvalue weighted by atomic mass is 9.95. The Hall–Kier alpha value is -2.05. The first-order chi connectivity index (χ1) is 9.34. The van der Waals surface area contributed by atoms with Crippen LogP contribution in [0.2, 0.25) is 5.02 Å². The van der Waals surface area contributed by atoms with Crippen LogP contribution in [-0.2, 0) is 0 Å². The highest BCUT2D eigenvalue weighted by molar-refractivity contribution is 6.31. The molecule has 0 unspecified atom stereocenters. The van der Waals surface area contributed by atoms with Crippen LogP contribution in [0.4, 0.5) is 0 Å². The van der Waals surface area contributed by atoms with Gasteiger partial charge in [-0.25, -0.2) is 0 Å². The molecule has 0 aliphatic carbocycles. The van der Waals surface area contributed by atoms with Crippen molar-refractivity contribution in [1.29, 1.82) is 0 Å². The molecule has 0 heterocycles. The smallest absolute Gasteiger partial charge is 0.0412 e. The zero-order valence-electron chi connectivity index (χ0n) is 10.4. The predicted octanol–water partition coefficient (Wildman–Crippen LogP) is 5.67. The Morgan fingerprint density at radius 2 is 1.05 bits per heavy atom. The summed E-state index contributed by atoms with van der Waals surface area (Å²) >= 11 is 6.15. The van der Waals surface area contributed by atoms with Crippen LogP contribution in [0.3, 0.4) is 0 Å². The highest BCUT2D eigenvalue weighted by Gasteiger charge is 2.07. The molecule has 0 bridgehead atoms. The van der Waals surface area contributed by atoms with Crippen LogP contribution in [0.25, 0.3) is 22.3 Å². The average Bonchev–Trinajstić information content (AvgIpc) is 2.49. The van der Waals surface area contributed by atoms with Gasteiger partial charge in [0, 0.05) is 5.02 Å². The van der Waals surface area contributed by atoms with E-state index in [1.54, 1.807) is 0 Å². The molecule has 0 saturated heterocycles. The van der Waals surface area contributed by atoms with Crippen LogP contribution in [0.5, 0.6) is 0 Å². The lowest BCUT2D eigenvalue weighted by molar-refractivity contribution is 1.58. The third kappa shape index (κ3) is 2.54. The molecular formula is C18H13Cl. The van der Waals surface area contributed by atoms with Crippen molar-refractivity contribution in [3.63, 3.8) is 0 Å². The number of benzene rings is 3. The van der Waals surface area contributed by atoms with E-state index >= 15 is 0 Å². The summed E-state index contributed by atoms with van der Waals surface area (Å²) in [5, 5.41) is 0.763. The van der Waals surface area contributed by atoms with E-state index in [2.05, 4.69) is 42.5 Å². The fourth-order valence-electron chi connectivity index (χ4n) is 2.24. The Balaban J connectivity index is 2.21. The van der Waals surface area contributed by atoms with Crippen LogP contribution in [0.1, 0.15) is 0 Å². The maximum absolute atomic E-state index is 6.15. The molecule has 0 saturated carbocycles. The molecule has 3 rings (SSSR count). The molecule has 3 aromatic rings. The fraction of sp³-hybridized carbons (Fsp3) is 0. The molecule has 0 nitrogen and oxygen atoms in total. The summed E-state index contributed by atoms with van der Waals surface area (Å²) in [6.07, 6.45) is 0. The second kappa shape index (κ2) is 5.29. The molecule has 0 aliphatic rings. The van der Waals surface area contributed by atoms with Gasteiger partial charge in [0.05, 0.1) is 0 Å². The number of hydrogen-bond acceptors (Lipinski definition) is 0. The lowest BCUT2D eigenvalue weighted by Crippen LogP contribution is -1.85. The largest absolute Gasteiger partial charge is 0.0843 e. The van der Waals surface area contributed by atoms with Crippen LogP contribution in [0.15, 0.2) is 78.9 Å². The van der Waals surface area contributed by atoms with Gasteiger partial charge in [-0.15, -0.1) is 0 Å². The second-order valence-corrected chi connectivity index (χ2v) is 4.86. The van der Waals surface area contributed by atoms with Crippen molar-refractivity contribution >= 4 is 11.6 Å². The summed E-state index contributed by atoms with van der Waals surface area (Å²) in [4.78, 5) is 0. The molecule has 0 N–H and O–H groups in total. The summed E-state index contributed by atoms with van der Waals surface area (Å²) < 4.78 is 0. The Morgan fingerprint density at radius 3 is 1.63 bits per heavy atom. The van der Waals surface area contributed by atoms with Crippen molar-refractivity contribution in [2.45, 2.75) is 0 Å². The second-order valence-electron chi connectivity index (χ2n) is 4.42. The van der Waals surface area contributed by atoms with Crippen molar-refractivity contribution in [1.82, 2.24) is 0 Å². The topological polar surface area (TPSA) is 0 Å². The van der Waals surface area contributed by atoms with Gasteiger partial charge in [-0.1, -0.05) is 78.3 Å². The van der Waals surface area contributed by atoms with Crippen LogP contribution < -0.4 is 0 Å². The summed E-state index contributed by atoms with van der Waals surface area (Å²) in [6, 6.07) is 26.8. The van der Waals surface area contributed by atoms with E-state index in [1.165, 1.54) is 22.3 Å². The van der Waals surface area contributed by atoms with Crippen molar-refractivity contribution in [3.8, 4) is 22.3 Å². The SMILES string of the molecule is Clc1ccc(-c2ccccc2)c(-c2ccccc2)c1. The Kier molecular flexibility index (Phi) is 3.35. The van der Waals surface area contributed by atoms with Crippen LogP contribution >= 0.6 is 11.6 Å². The van der Waals surface area contributed by atoms with Gasteiger partial charge in [-0.2, -0.15) is 0 Å². The highest BCUT2D eigenvalue weighted by atomic mass is 35.5. The van der Waals surface area contributed by atoms with Gasteiger partial charge in [-0.3, -0.25) is 0 Å². The predicted molar refractivity (Wildman–Crippen MR) is 82.3 cm³/mol. The van der Waals surface area contributed by atoms with E-state index in [9.17, 15) is 0 Å². The fourth-order valence-corrected chi connectivity index (χ4v) is 2.41. The third-order valence-corrected chi connectivity index (χ3v) is 3.39. The number of halogens is 1. The molecule has 1 heteroatoms. The summed E-state index contributed by atoms with van der Waals surface area (Å²) in [6.45, 7) is 0. The lowest BCUT2D eigenvalue weighted by Gasteiger charge is -2.10. The molecule has 0 aliphatic heterocycles. The Labute approximate surface area is 118 Å². The van der Waals surface area contributed by atoms with E-state index in [0.717, 1.165) is 5.02 Å². The third-order valence-electron chi connectivity index (χ3n) is 3.15. The zero-order valence-corrected chi connectivity index (χ0v) is 11.1. The minimum atomic E-state index is 0.763. The molecule has 0 amide bonds. The average molecular weight is 265 g/mol. The summed E-state index contributed by atoms with van der Waals surface area (Å²) in [5.41, 5.74) is 4.76. The van der Waals surface area contributed by atoms with Gasteiger partial charge in [0.25, 0.3) is 0 Å². The summed E-state index contributed by atoms with van der Waals surface area (Å²) in [7, 11) is 0. The maximum atomic E-state index is 6.15. The van der Waals surface area contributed by atoms with Crippen LogP contribution in [-0.4, -0.2) is 0 Å².